The molecule has 1 aromatic heterocycles. The molecule has 0 aromatic carbocycles. The number of hydrogen-bond acceptors (Lipinski definition) is 4. The molecule has 1 unspecified atom stereocenters. The average molecular weight is 196 g/mol. The molecule has 0 saturated heterocycles. The van der Waals surface area contributed by atoms with Gasteiger partial charge in [0.25, 0.3) is 0 Å². The van der Waals surface area contributed by atoms with Crippen molar-refractivity contribution in [3.63, 3.8) is 0 Å². The van der Waals surface area contributed by atoms with E-state index in [1.165, 1.54) is 0 Å². The first-order valence-electron chi connectivity index (χ1n) is 4.21. The van der Waals surface area contributed by atoms with Gasteiger partial charge in [-0.1, -0.05) is 11.8 Å². The van der Waals surface area contributed by atoms with Crippen molar-refractivity contribution >= 4 is 22.7 Å². The van der Waals surface area contributed by atoms with Crippen LogP contribution in [0.4, 0.5) is 5.82 Å². The van der Waals surface area contributed by atoms with Crippen molar-refractivity contribution in [3.05, 3.63) is 12.3 Å². The molecule has 1 aliphatic rings. The van der Waals surface area contributed by atoms with Gasteiger partial charge in [0, 0.05) is 25.1 Å². The topological polar surface area (TPSA) is 42.2 Å². The van der Waals surface area contributed by atoms with Gasteiger partial charge < -0.3 is 5.32 Å². The summed E-state index contributed by atoms with van der Waals surface area (Å²) in [6.45, 7) is 2.11. The summed E-state index contributed by atoms with van der Waals surface area (Å²) in [5.74, 6) is 1.93. The van der Waals surface area contributed by atoms with Crippen LogP contribution in [-0.2, 0) is 7.05 Å². The summed E-state index contributed by atoms with van der Waals surface area (Å²) in [6, 6.07) is 2.36. The van der Waals surface area contributed by atoms with Crippen molar-refractivity contribution in [3.8, 4) is 0 Å². The molecule has 0 fully saturated rings. The van der Waals surface area contributed by atoms with Gasteiger partial charge in [-0.15, -0.1) is 0 Å². The summed E-state index contributed by atoms with van der Waals surface area (Å²) in [7, 11) is 1.90. The molecule has 1 aromatic rings. The Labute approximate surface area is 81.4 Å². The number of hydrogen-bond donors (Lipinski definition) is 1. The highest BCUT2D eigenvalue weighted by atomic mass is 32.2. The van der Waals surface area contributed by atoms with Crippen LogP contribution in [0.15, 0.2) is 17.3 Å². The minimum absolute atomic E-state index is 0.427. The lowest BCUT2D eigenvalue weighted by atomic mass is 10.4. The van der Waals surface area contributed by atoms with Crippen LogP contribution < -0.4 is 5.32 Å². The fourth-order valence-corrected chi connectivity index (χ4v) is 2.04. The second-order valence-electron chi connectivity index (χ2n) is 3.09. The third-order valence-electron chi connectivity index (χ3n) is 1.75. The van der Waals surface area contributed by atoms with Crippen LogP contribution >= 0.6 is 11.8 Å². The molecule has 1 atom stereocenters. The molecule has 70 valence electrons. The van der Waals surface area contributed by atoms with Crippen molar-refractivity contribution in [2.45, 2.75) is 13.0 Å². The number of nitrogens with one attached hydrogen (secondary N) is 1. The number of aryl methyl sites for hydroxylation is 1. The van der Waals surface area contributed by atoms with Gasteiger partial charge in [0.1, 0.15) is 0 Å². The fraction of sp³-hybridized carbons (Fsp3) is 0.500. The maximum absolute atomic E-state index is 4.41. The second kappa shape index (κ2) is 3.41. The highest BCUT2D eigenvalue weighted by molar-refractivity contribution is 8.14. The Bertz CT molecular complexity index is 331. The van der Waals surface area contributed by atoms with Gasteiger partial charge in [-0.2, -0.15) is 5.10 Å². The molecular formula is C8H12N4S. The Balaban J connectivity index is 2.02. The molecule has 0 amide bonds. The Morgan fingerprint density at radius 3 is 3.08 bits per heavy atom. The van der Waals surface area contributed by atoms with Crippen molar-refractivity contribution in [1.82, 2.24) is 9.78 Å². The first-order valence-corrected chi connectivity index (χ1v) is 5.20. The van der Waals surface area contributed by atoms with Crippen LogP contribution in [0.5, 0.6) is 0 Å². The van der Waals surface area contributed by atoms with E-state index in [9.17, 15) is 0 Å². The summed E-state index contributed by atoms with van der Waals surface area (Å²) in [4.78, 5) is 4.41. The normalized spacial score (nSPS) is 21.7. The lowest BCUT2D eigenvalue weighted by Gasteiger charge is -1.98. The third-order valence-corrected chi connectivity index (χ3v) is 2.88. The Morgan fingerprint density at radius 2 is 2.54 bits per heavy atom. The molecule has 2 rings (SSSR count). The summed E-state index contributed by atoms with van der Waals surface area (Å²) < 4.78 is 1.77. The number of thioether (sulfide) groups is 1. The molecule has 0 aliphatic carbocycles. The second-order valence-corrected chi connectivity index (χ2v) is 4.10. The molecule has 0 radical (unpaired) electrons. The fourth-order valence-electron chi connectivity index (χ4n) is 1.13. The first-order chi connectivity index (χ1) is 6.24. The lowest BCUT2D eigenvalue weighted by Crippen LogP contribution is -2.05. The van der Waals surface area contributed by atoms with Gasteiger partial charge in [-0.05, 0) is 6.92 Å². The van der Waals surface area contributed by atoms with Crippen molar-refractivity contribution < 1.29 is 0 Å². The predicted octanol–water partition coefficient (Wildman–Crippen LogP) is 1.32. The molecule has 0 spiro atoms. The van der Waals surface area contributed by atoms with Crippen LogP contribution in [-0.4, -0.2) is 26.7 Å². The van der Waals surface area contributed by atoms with Crippen molar-refractivity contribution in [2.24, 2.45) is 12.0 Å². The van der Waals surface area contributed by atoms with E-state index in [0.717, 1.165) is 16.7 Å². The van der Waals surface area contributed by atoms with Gasteiger partial charge in [-0.3, -0.25) is 9.67 Å². The zero-order valence-corrected chi connectivity index (χ0v) is 8.51. The van der Waals surface area contributed by atoms with E-state index in [4.69, 9.17) is 0 Å². The van der Waals surface area contributed by atoms with E-state index in [1.54, 1.807) is 16.4 Å². The van der Waals surface area contributed by atoms with Gasteiger partial charge in [-0.25, -0.2) is 0 Å². The number of aliphatic imine (C=N–C) groups is 1. The molecule has 0 saturated carbocycles. The van der Waals surface area contributed by atoms with E-state index >= 15 is 0 Å². The van der Waals surface area contributed by atoms with E-state index in [-0.39, 0.29) is 0 Å². The highest BCUT2D eigenvalue weighted by Gasteiger charge is 2.14. The quantitative estimate of drug-likeness (QED) is 0.736. The monoisotopic (exact) mass is 196 g/mol. The van der Waals surface area contributed by atoms with E-state index in [2.05, 4.69) is 22.3 Å². The Morgan fingerprint density at radius 1 is 1.69 bits per heavy atom. The van der Waals surface area contributed by atoms with E-state index < -0.39 is 0 Å². The van der Waals surface area contributed by atoms with Crippen LogP contribution in [0, 0.1) is 0 Å². The number of nitrogens with zero attached hydrogens (tertiary/aromatic N) is 3. The highest BCUT2D eigenvalue weighted by Crippen LogP contribution is 2.18. The van der Waals surface area contributed by atoms with Gasteiger partial charge in [0.15, 0.2) is 11.0 Å². The van der Waals surface area contributed by atoms with Crippen LogP contribution in [0.1, 0.15) is 6.92 Å². The minimum Gasteiger partial charge on any atom is -0.318 e. The molecule has 2 heterocycles. The summed E-state index contributed by atoms with van der Waals surface area (Å²) in [5.41, 5.74) is 0. The minimum atomic E-state index is 0.427. The predicted molar refractivity (Wildman–Crippen MR) is 56.2 cm³/mol. The van der Waals surface area contributed by atoms with Gasteiger partial charge in [0.05, 0.1) is 6.04 Å². The smallest absolute Gasteiger partial charge is 0.162 e. The summed E-state index contributed by atoms with van der Waals surface area (Å²) >= 11 is 1.74. The molecule has 1 N–H and O–H groups in total. The zero-order valence-electron chi connectivity index (χ0n) is 7.69. The molecule has 0 bridgehead atoms. The maximum Gasteiger partial charge on any atom is 0.162 e. The zero-order chi connectivity index (χ0) is 9.26. The lowest BCUT2D eigenvalue weighted by molar-refractivity contribution is 0.771. The van der Waals surface area contributed by atoms with Gasteiger partial charge >= 0.3 is 0 Å². The Kier molecular flexibility index (Phi) is 2.26. The molecule has 13 heavy (non-hydrogen) atoms. The summed E-state index contributed by atoms with van der Waals surface area (Å²) in [5, 5.41) is 8.36. The average Bonchev–Trinajstić information content (AvgIpc) is 2.62. The number of rotatable bonds is 1. The standard InChI is InChI=1S/C8H12N4S/c1-6-5-13-8(9-6)10-7-3-4-12(2)11-7/h3-4,6H,5H2,1-2H3,(H,9,10,11). The summed E-state index contributed by atoms with van der Waals surface area (Å²) in [6.07, 6.45) is 1.91. The van der Waals surface area contributed by atoms with Crippen LogP contribution in [0.3, 0.4) is 0 Å². The largest absolute Gasteiger partial charge is 0.318 e. The SMILES string of the molecule is CC1CSC(Nc2ccn(C)n2)=N1. The van der Waals surface area contributed by atoms with Crippen LogP contribution in [0.25, 0.3) is 0 Å². The van der Waals surface area contributed by atoms with Gasteiger partial charge in [0.2, 0.25) is 0 Å². The molecular weight excluding hydrogens is 184 g/mol. The third kappa shape index (κ3) is 2.03. The van der Waals surface area contributed by atoms with E-state index in [1.807, 2.05) is 19.3 Å². The van der Waals surface area contributed by atoms with Crippen LogP contribution in [0.2, 0.25) is 0 Å². The Hall–Kier alpha value is -0.970. The number of amidine groups is 1. The van der Waals surface area contributed by atoms with Crippen molar-refractivity contribution in [2.75, 3.05) is 11.1 Å². The number of anilines is 1. The first kappa shape index (κ1) is 8.62. The van der Waals surface area contributed by atoms with E-state index in [0.29, 0.717) is 6.04 Å². The van der Waals surface area contributed by atoms with Crippen molar-refractivity contribution in [1.29, 1.82) is 0 Å². The molecule has 1 aliphatic heterocycles. The molecule has 4 nitrogen and oxygen atoms in total. The molecule has 5 heteroatoms. The number of aromatic nitrogens is 2. The maximum atomic E-state index is 4.41.